The number of carbonyl (C=O) groups is 8. The number of nitrogens with one attached hydrogen (secondary N) is 2. The van der Waals surface area contributed by atoms with Crippen LogP contribution in [0.4, 0.5) is 11.6 Å². The fraction of sp³-hybridized carbons (Fsp3) is 0.278. The molecule has 60 heavy (non-hydrogen) atoms. The lowest BCUT2D eigenvalue weighted by Gasteiger charge is -2.28. The van der Waals surface area contributed by atoms with Crippen LogP contribution in [-0.2, 0) is 64.3 Å². The third kappa shape index (κ3) is 21.4. The van der Waals surface area contributed by atoms with Crippen LogP contribution in [-0.4, -0.2) is 122 Å². The van der Waals surface area contributed by atoms with Gasteiger partial charge >= 0.3 is 35.8 Å². The molecular formula is C36H46N10O14. The maximum atomic E-state index is 12.1. The van der Waals surface area contributed by atoms with E-state index in [9.17, 15) is 38.4 Å². The van der Waals surface area contributed by atoms with E-state index < -0.39 is 35.8 Å². The molecule has 0 unspecified atom stereocenters. The van der Waals surface area contributed by atoms with E-state index in [0.29, 0.717) is 74.3 Å². The number of hydrogen-bond acceptors (Lipinski definition) is 16. The number of hydrazine groups is 2. The van der Waals surface area contributed by atoms with Crippen molar-refractivity contribution in [3.63, 3.8) is 0 Å². The molecule has 0 bridgehead atoms. The number of rotatable bonds is 10. The van der Waals surface area contributed by atoms with Crippen LogP contribution in [0.25, 0.3) is 0 Å². The van der Waals surface area contributed by atoms with Gasteiger partial charge in [0.1, 0.15) is 0 Å². The molecule has 24 heteroatoms. The quantitative estimate of drug-likeness (QED) is 0.0876. The maximum absolute atomic E-state index is 12.1. The van der Waals surface area contributed by atoms with E-state index in [4.69, 9.17) is 42.3 Å². The Hall–Kier alpha value is -7.86. The summed E-state index contributed by atoms with van der Waals surface area (Å²) in [4.78, 5) is 85.1. The summed E-state index contributed by atoms with van der Waals surface area (Å²) < 4.78 is 0. The highest BCUT2D eigenvalue weighted by atomic mass is 16.4. The summed E-state index contributed by atoms with van der Waals surface area (Å²) in [5, 5.41) is 62.9. The Morgan fingerprint density at radius 1 is 0.533 bits per heavy atom. The molecule has 2 aromatic rings. The van der Waals surface area contributed by atoms with Crippen LogP contribution < -0.4 is 22.5 Å². The van der Waals surface area contributed by atoms with Gasteiger partial charge in [-0.2, -0.15) is 10.2 Å². The van der Waals surface area contributed by atoms with Crippen LogP contribution in [0, 0.1) is 0 Å². The topological polar surface area (TPSA) is 392 Å². The van der Waals surface area contributed by atoms with Gasteiger partial charge in [0.2, 0.25) is 11.8 Å². The van der Waals surface area contributed by atoms with Crippen molar-refractivity contribution >= 4 is 59.3 Å². The summed E-state index contributed by atoms with van der Waals surface area (Å²) in [5.74, 6) is 4.25. The molecule has 4 heterocycles. The van der Waals surface area contributed by atoms with Crippen molar-refractivity contribution in [1.82, 2.24) is 30.2 Å². The highest BCUT2D eigenvalue weighted by molar-refractivity contribution is 5.93. The largest absolute Gasteiger partial charge is 0.478 e. The number of hydrogen-bond donors (Lipinski definition) is 10. The molecule has 0 saturated carbocycles. The molecule has 0 aliphatic carbocycles. The molecule has 4 rings (SSSR count). The molecule has 12 N–H and O–H groups in total. The fourth-order valence-corrected chi connectivity index (χ4v) is 4.32. The Morgan fingerprint density at radius 2 is 0.800 bits per heavy atom. The molecule has 2 aliphatic heterocycles. The number of aromatic nitrogens is 4. The van der Waals surface area contributed by atoms with Gasteiger partial charge in [-0.05, 0) is 51.0 Å². The van der Waals surface area contributed by atoms with Crippen molar-refractivity contribution in [3.8, 4) is 0 Å². The summed E-state index contributed by atoms with van der Waals surface area (Å²) in [6.07, 6.45) is 8.47. The molecular weight excluding hydrogens is 796 g/mol. The number of allylic oxidation sites excluding steroid dienone is 2. The number of nitrogens with zero attached hydrogens (tertiary/aromatic N) is 6. The van der Waals surface area contributed by atoms with Gasteiger partial charge in [-0.15, -0.1) is 10.2 Å². The predicted molar refractivity (Wildman–Crippen MR) is 210 cm³/mol. The first-order valence-electron chi connectivity index (χ1n) is 17.1. The van der Waals surface area contributed by atoms with E-state index in [0.717, 1.165) is 46.5 Å². The molecule has 2 aliphatic rings. The molecule has 2 amide bonds. The molecule has 0 fully saturated rings. The first-order valence-corrected chi connectivity index (χ1v) is 17.1. The Kier molecular flexibility index (Phi) is 24.1. The monoisotopic (exact) mass is 842 g/mol. The van der Waals surface area contributed by atoms with E-state index in [2.05, 4.69) is 31.2 Å². The first-order chi connectivity index (χ1) is 28.2. The van der Waals surface area contributed by atoms with Crippen LogP contribution in [0.5, 0.6) is 0 Å². The van der Waals surface area contributed by atoms with E-state index in [1.807, 2.05) is 61.8 Å². The normalized spacial score (nSPS) is 13.0. The lowest BCUT2D eigenvalue weighted by Crippen LogP contribution is -2.37. The summed E-state index contributed by atoms with van der Waals surface area (Å²) in [6.45, 7) is 9.88. The zero-order chi connectivity index (χ0) is 45.9. The number of nitrogens with two attached hydrogens (primary N) is 2. The van der Waals surface area contributed by atoms with Crippen LogP contribution in [0.3, 0.4) is 0 Å². The Balaban J connectivity index is 0.000000772. The fourth-order valence-electron chi connectivity index (χ4n) is 4.32. The Morgan fingerprint density at radius 3 is 1.02 bits per heavy atom. The summed E-state index contributed by atoms with van der Waals surface area (Å²) in [5.41, 5.74) is 10.3. The minimum absolute atomic E-state index is 0.0715. The van der Waals surface area contributed by atoms with Gasteiger partial charge in [-0.3, -0.25) is 9.59 Å². The number of carbonyl (C=O) groups excluding carboxylic acids is 2. The number of carboxylic acid groups (broad SMARTS) is 6. The van der Waals surface area contributed by atoms with E-state index in [-0.39, 0.29) is 11.8 Å². The second-order valence-corrected chi connectivity index (χ2v) is 11.6. The van der Waals surface area contributed by atoms with Gasteiger partial charge in [-0.1, -0.05) is 12.2 Å². The summed E-state index contributed by atoms with van der Waals surface area (Å²) in [7, 11) is 0. The standard InChI is InChI=1S/2C12H17N5O.3C4H4O4/c2*1-3-8(2)12(18)17-5-4-10-9(7-17)6-11(14-13)16-15-10;3*5-3(6)1-2-4(7)8/h2*3,6H,4-5,7,13H2,1-2H3,(H,14,16);3*1-2H,(H,5,6)(H,7,8)/b2*8-3-;3*2-1+. The molecule has 0 spiro atoms. The van der Waals surface area contributed by atoms with E-state index >= 15 is 0 Å². The molecule has 2 aromatic heterocycles. The highest BCUT2D eigenvalue weighted by Gasteiger charge is 2.24. The maximum Gasteiger partial charge on any atom is 0.328 e. The smallest absolute Gasteiger partial charge is 0.328 e. The number of aliphatic carboxylic acids is 6. The average molecular weight is 843 g/mol. The number of nitrogen functional groups attached to an aromatic ring is 2. The van der Waals surface area contributed by atoms with Gasteiger partial charge in [0.05, 0.1) is 11.4 Å². The number of anilines is 2. The van der Waals surface area contributed by atoms with Crippen LogP contribution in [0.15, 0.2) is 71.9 Å². The SMILES string of the molecule is C/C=C(/C)C(=O)N1CCc2nnc(NN)cc2C1.C/C=C(/C)C(=O)N1CCc2nnc(NN)cc2C1.O=C(O)/C=C/C(=O)O.O=C(O)/C=C/C(=O)O.O=C(O)/C=C/C(=O)O. The number of amides is 2. The minimum Gasteiger partial charge on any atom is -0.478 e. The second-order valence-electron chi connectivity index (χ2n) is 11.6. The first kappa shape index (κ1) is 52.1. The van der Waals surface area contributed by atoms with Crippen LogP contribution in [0.1, 0.15) is 50.2 Å². The van der Waals surface area contributed by atoms with Crippen LogP contribution >= 0.6 is 0 Å². The van der Waals surface area contributed by atoms with Gasteiger partial charge in [-0.25, -0.2) is 40.5 Å². The lowest BCUT2D eigenvalue weighted by atomic mass is 10.1. The van der Waals surface area contributed by atoms with E-state index in [1.54, 1.807) is 0 Å². The molecule has 324 valence electrons. The Bertz CT molecular complexity index is 1810. The molecule has 0 radical (unpaired) electrons. The number of fused-ring (bicyclic) bond motifs is 2. The van der Waals surface area contributed by atoms with Crippen molar-refractivity contribution in [2.75, 3.05) is 23.9 Å². The molecule has 0 saturated heterocycles. The van der Waals surface area contributed by atoms with Crippen molar-refractivity contribution in [2.45, 2.75) is 53.6 Å². The van der Waals surface area contributed by atoms with E-state index in [1.165, 1.54) is 0 Å². The molecule has 0 atom stereocenters. The molecule has 0 aromatic carbocycles. The van der Waals surface area contributed by atoms with Crippen LogP contribution in [0.2, 0.25) is 0 Å². The lowest BCUT2D eigenvalue weighted by molar-refractivity contribution is -0.134. The average Bonchev–Trinajstić information content (AvgIpc) is 3.23. The van der Waals surface area contributed by atoms with Gasteiger partial charge in [0.25, 0.3) is 0 Å². The number of carboxylic acids is 6. The second kappa shape index (κ2) is 27.7. The predicted octanol–water partition coefficient (Wildman–Crippen LogP) is 0.362. The van der Waals surface area contributed by atoms with Crippen molar-refractivity contribution in [2.24, 2.45) is 11.7 Å². The van der Waals surface area contributed by atoms with Crippen molar-refractivity contribution < 1.29 is 69.0 Å². The summed E-state index contributed by atoms with van der Waals surface area (Å²) >= 11 is 0. The Labute approximate surface area is 341 Å². The van der Waals surface area contributed by atoms with Crippen molar-refractivity contribution in [1.29, 1.82) is 0 Å². The zero-order valence-electron chi connectivity index (χ0n) is 32.8. The van der Waals surface area contributed by atoms with Gasteiger partial charge < -0.3 is 51.3 Å². The third-order valence-corrected chi connectivity index (χ3v) is 7.40. The summed E-state index contributed by atoms with van der Waals surface area (Å²) in [6, 6.07) is 3.68. The van der Waals surface area contributed by atoms with Gasteiger partial charge in [0, 0.05) is 86.6 Å². The highest BCUT2D eigenvalue weighted by Crippen LogP contribution is 2.21. The third-order valence-electron chi connectivity index (χ3n) is 7.40. The molecule has 24 nitrogen and oxygen atoms in total. The van der Waals surface area contributed by atoms with Gasteiger partial charge in [0.15, 0.2) is 11.6 Å². The minimum atomic E-state index is -1.26. The van der Waals surface area contributed by atoms with Crippen molar-refractivity contribution in [3.05, 3.63) is 94.4 Å². The zero-order valence-corrected chi connectivity index (χ0v) is 32.8.